The van der Waals surface area contributed by atoms with Gasteiger partial charge in [0.15, 0.2) is 5.82 Å². The van der Waals surface area contributed by atoms with E-state index < -0.39 is 28.7 Å². The molecule has 1 fully saturated rings. The predicted molar refractivity (Wildman–Crippen MR) is 92.7 cm³/mol. The fourth-order valence-corrected chi connectivity index (χ4v) is 3.25. The van der Waals surface area contributed by atoms with Crippen LogP contribution >= 0.6 is 0 Å². The van der Waals surface area contributed by atoms with Crippen LogP contribution in [0.3, 0.4) is 0 Å². The summed E-state index contributed by atoms with van der Waals surface area (Å²) in [5, 5.41) is 20.5. The number of carbonyl (C=O) groups excluding carboxylic acids is 1. The Kier molecular flexibility index (Phi) is 4.57. The number of halogens is 2. The van der Waals surface area contributed by atoms with Crippen molar-refractivity contribution in [2.75, 3.05) is 0 Å². The molecule has 3 rings (SSSR count). The van der Waals surface area contributed by atoms with Gasteiger partial charge in [0.1, 0.15) is 17.8 Å². The molecule has 8 nitrogen and oxygen atoms in total. The van der Waals surface area contributed by atoms with E-state index in [2.05, 4.69) is 15.5 Å². The molecule has 0 atom stereocenters. The van der Waals surface area contributed by atoms with E-state index in [4.69, 9.17) is 0 Å². The van der Waals surface area contributed by atoms with Crippen LogP contribution in [-0.2, 0) is 17.3 Å². The molecule has 0 radical (unpaired) electrons. The summed E-state index contributed by atoms with van der Waals surface area (Å²) < 4.78 is 29.4. The lowest BCUT2D eigenvalue weighted by Gasteiger charge is -2.41. The molecule has 1 aliphatic carbocycles. The maximum atomic E-state index is 13.6. The summed E-state index contributed by atoms with van der Waals surface area (Å²) in [5.41, 5.74) is -2.03. The van der Waals surface area contributed by atoms with Crippen molar-refractivity contribution in [2.45, 2.75) is 70.6 Å². The molecule has 148 valence electrons. The summed E-state index contributed by atoms with van der Waals surface area (Å²) in [4.78, 5) is 24.9. The minimum absolute atomic E-state index is 0.0513. The number of alkyl halides is 2. The van der Waals surface area contributed by atoms with E-state index >= 15 is 0 Å². The van der Waals surface area contributed by atoms with Gasteiger partial charge in [-0.1, -0.05) is 13.8 Å². The summed E-state index contributed by atoms with van der Waals surface area (Å²) in [7, 11) is 0. The van der Waals surface area contributed by atoms with Crippen LogP contribution in [0.1, 0.15) is 58.0 Å². The molecule has 0 unspecified atom stereocenters. The second kappa shape index (κ2) is 6.36. The predicted octanol–water partition coefficient (Wildman–Crippen LogP) is 1.16. The van der Waals surface area contributed by atoms with Gasteiger partial charge in [-0.2, -0.15) is 19.0 Å². The molecule has 1 amide bonds. The van der Waals surface area contributed by atoms with Gasteiger partial charge in [-0.3, -0.25) is 9.59 Å². The molecule has 0 saturated heterocycles. The molecule has 0 aliphatic heterocycles. The number of carbonyl (C=O) groups is 1. The molecule has 2 heterocycles. The fourth-order valence-electron chi connectivity index (χ4n) is 3.25. The third-order valence-electron chi connectivity index (χ3n) is 4.60. The summed E-state index contributed by atoms with van der Waals surface area (Å²) >= 11 is 0. The summed E-state index contributed by atoms with van der Waals surface area (Å²) in [5.74, 6) is -3.53. The van der Waals surface area contributed by atoms with E-state index in [0.717, 1.165) is 15.3 Å². The highest BCUT2D eigenvalue weighted by Crippen LogP contribution is 2.31. The highest BCUT2D eigenvalue weighted by atomic mass is 19.3. The monoisotopic (exact) mass is 383 g/mol. The first-order valence-corrected chi connectivity index (χ1v) is 8.78. The van der Waals surface area contributed by atoms with Crippen molar-refractivity contribution in [3.8, 4) is 0 Å². The maximum absolute atomic E-state index is 13.6. The average molecular weight is 383 g/mol. The molecule has 0 spiro atoms. The summed E-state index contributed by atoms with van der Waals surface area (Å²) in [6.07, 6.45) is 0.879. The van der Waals surface area contributed by atoms with Crippen LogP contribution in [0, 0.1) is 0 Å². The normalized spacial score (nSPS) is 22.9. The van der Waals surface area contributed by atoms with Gasteiger partial charge >= 0.3 is 0 Å². The zero-order valence-electron chi connectivity index (χ0n) is 15.7. The largest absolute Gasteiger partial charge is 0.390 e. The van der Waals surface area contributed by atoms with Gasteiger partial charge in [0.25, 0.3) is 11.5 Å². The summed E-state index contributed by atoms with van der Waals surface area (Å²) in [6.45, 7) is 5.63. The van der Waals surface area contributed by atoms with Crippen LogP contribution in [0.4, 0.5) is 8.78 Å². The Hall–Kier alpha value is -2.36. The number of nitrogens with one attached hydrogen (secondary N) is 1. The number of amides is 1. The molecular formula is C17H23F2N5O3. The Morgan fingerprint density at radius 2 is 2.07 bits per heavy atom. The first-order chi connectivity index (χ1) is 12.4. The Labute approximate surface area is 154 Å². The minimum Gasteiger partial charge on any atom is -0.390 e. The van der Waals surface area contributed by atoms with Gasteiger partial charge in [0.2, 0.25) is 5.91 Å². The van der Waals surface area contributed by atoms with Gasteiger partial charge in [-0.05, 0) is 25.8 Å². The third-order valence-corrected chi connectivity index (χ3v) is 4.60. The topological polar surface area (TPSA) is 102 Å². The number of hydrogen-bond donors (Lipinski definition) is 2. The molecule has 1 saturated carbocycles. The Bertz CT molecular complexity index is 934. The third kappa shape index (κ3) is 3.85. The highest BCUT2D eigenvalue weighted by molar-refractivity contribution is 5.76. The van der Waals surface area contributed by atoms with Crippen LogP contribution < -0.4 is 10.9 Å². The van der Waals surface area contributed by atoms with Crippen LogP contribution in [-0.4, -0.2) is 42.1 Å². The molecule has 0 bridgehead atoms. The maximum Gasteiger partial charge on any atom is 0.293 e. The van der Waals surface area contributed by atoms with Gasteiger partial charge < -0.3 is 10.4 Å². The second-order valence-electron chi connectivity index (χ2n) is 7.86. The molecule has 2 aromatic rings. The lowest BCUT2D eigenvalue weighted by Crippen LogP contribution is -2.54. The van der Waals surface area contributed by atoms with E-state index in [9.17, 15) is 23.5 Å². The molecular weight excluding hydrogens is 360 g/mol. The van der Waals surface area contributed by atoms with Crippen molar-refractivity contribution in [2.24, 2.45) is 0 Å². The quantitative estimate of drug-likeness (QED) is 0.807. The van der Waals surface area contributed by atoms with Gasteiger partial charge in [-0.15, -0.1) is 0 Å². The zero-order valence-corrected chi connectivity index (χ0v) is 15.7. The first kappa shape index (κ1) is 19.4. The van der Waals surface area contributed by atoms with Gasteiger partial charge in [0, 0.05) is 18.9 Å². The molecule has 27 heavy (non-hydrogen) atoms. The van der Waals surface area contributed by atoms with Crippen molar-refractivity contribution < 1.29 is 18.7 Å². The molecule has 1 aliphatic rings. The van der Waals surface area contributed by atoms with Crippen molar-refractivity contribution in [3.63, 3.8) is 0 Å². The number of rotatable bonds is 5. The van der Waals surface area contributed by atoms with Crippen LogP contribution in [0.25, 0.3) is 5.52 Å². The minimum atomic E-state index is -3.20. The standard InChI is InChI=1S/C17H23F2N5O3/c1-9(2)14-22-23(8-13(25)20-10-6-16(3,27)7-10)15(26)11-5-12(17(4,18)19)21-24(11)14/h5,9-10,27H,6-8H2,1-4H3,(H,20,25)/t10-,16+. The van der Waals surface area contributed by atoms with Gasteiger partial charge in [-0.25, -0.2) is 9.20 Å². The Balaban J connectivity index is 1.92. The SMILES string of the molecule is CC(C)c1nn(CC(=O)N[C@H]2C[C@@](C)(O)C2)c(=O)c2cc(C(C)(F)F)nn12. The number of fused-ring (bicyclic) bond motifs is 1. The smallest absolute Gasteiger partial charge is 0.293 e. The molecule has 2 N–H and O–H groups in total. The van der Waals surface area contributed by atoms with E-state index in [1.807, 2.05) is 0 Å². The average Bonchev–Trinajstić information content (AvgIpc) is 2.93. The highest BCUT2D eigenvalue weighted by Gasteiger charge is 2.39. The van der Waals surface area contributed by atoms with Crippen LogP contribution in [0.5, 0.6) is 0 Å². The van der Waals surface area contributed by atoms with Crippen LogP contribution in [0.2, 0.25) is 0 Å². The second-order valence-corrected chi connectivity index (χ2v) is 7.86. The first-order valence-electron chi connectivity index (χ1n) is 8.78. The van der Waals surface area contributed by atoms with Gasteiger partial charge in [0.05, 0.1) is 5.60 Å². The van der Waals surface area contributed by atoms with E-state index in [1.54, 1.807) is 20.8 Å². The molecule has 0 aromatic carbocycles. The van der Waals surface area contributed by atoms with Crippen molar-refractivity contribution in [3.05, 3.63) is 27.9 Å². The van der Waals surface area contributed by atoms with Crippen molar-refractivity contribution in [1.82, 2.24) is 24.7 Å². The fraction of sp³-hybridized carbons (Fsp3) is 0.647. The molecule has 10 heteroatoms. The van der Waals surface area contributed by atoms with Crippen molar-refractivity contribution >= 4 is 11.4 Å². The van der Waals surface area contributed by atoms with E-state index in [0.29, 0.717) is 25.6 Å². The zero-order chi connectivity index (χ0) is 20.1. The number of hydrogen-bond acceptors (Lipinski definition) is 5. The number of aromatic nitrogens is 4. The lowest BCUT2D eigenvalue weighted by atomic mass is 9.77. The van der Waals surface area contributed by atoms with Crippen molar-refractivity contribution in [1.29, 1.82) is 0 Å². The number of nitrogens with zero attached hydrogens (tertiary/aromatic N) is 4. The number of aliphatic hydroxyl groups is 1. The molecule has 2 aromatic heterocycles. The summed E-state index contributed by atoms with van der Waals surface area (Å²) in [6, 6.07) is 0.879. The Morgan fingerprint density at radius 1 is 1.44 bits per heavy atom. The van der Waals surface area contributed by atoms with E-state index in [1.165, 1.54) is 0 Å². The lowest BCUT2D eigenvalue weighted by molar-refractivity contribution is -0.125. The van der Waals surface area contributed by atoms with Crippen LogP contribution in [0.15, 0.2) is 10.9 Å². The van der Waals surface area contributed by atoms with E-state index in [-0.39, 0.29) is 24.0 Å². The Morgan fingerprint density at radius 3 is 2.59 bits per heavy atom.